The molecule has 3 aromatic rings. The topological polar surface area (TPSA) is 54.9 Å². The van der Waals surface area contributed by atoms with E-state index < -0.39 is 0 Å². The van der Waals surface area contributed by atoms with Crippen LogP contribution in [-0.2, 0) is 4.79 Å². The predicted molar refractivity (Wildman–Crippen MR) is 94.9 cm³/mol. The lowest BCUT2D eigenvalue weighted by Gasteiger charge is -2.12. The molecule has 0 radical (unpaired) electrons. The Bertz CT molecular complexity index is 856. The summed E-state index contributed by atoms with van der Waals surface area (Å²) in [6.45, 7) is 1.83. The summed E-state index contributed by atoms with van der Waals surface area (Å²) in [5.41, 5.74) is 1.43. The minimum atomic E-state index is -0.306. The molecule has 0 saturated heterocycles. The van der Waals surface area contributed by atoms with Crippen molar-refractivity contribution in [2.45, 2.75) is 17.2 Å². The summed E-state index contributed by atoms with van der Waals surface area (Å²) >= 11 is 7.36. The van der Waals surface area contributed by atoms with Crippen LogP contribution in [0, 0.1) is 0 Å². The summed E-state index contributed by atoms with van der Waals surface area (Å²) in [7, 11) is 0. The van der Waals surface area contributed by atoms with E-state index in [1.54, 1.807) is 18.3 Å². The quantitative estimate of drug-likeness (QED) is 0.563. The number of hydrogen-bond acceptors (Lipinski definition) is 4. The summed E-state index contributed by atoms with van der Waals surface area (Å²) in [6.07, 6.45) is 1.58. The van der Waals surface area contributed by atoms with Gasteiger partial charge < -0.3 is 5.32 Å². The van der Waals surface area contributed by atoms with Crippen LogP contribution >= 0.6 is 23.4 Å². The van der Waals surface area contributed by atoms with Crippen molar-refractivity contribution in [3.63, 3.8) is 0 Å². The van der Waals surface area contributed by atoms with Crippen LogP contribution in [0.1, 0.15) is 6.92 Å². The maximum absolute atomic E-state index is 12.3. The largest absolute Gasteiger partial charge is 0.322 e. The number of halogens is 1. The number of anilines is 1. The maximum atomic E-state index is 12.3. The van der Waals surface area contributed by atoms with Gasteiger partial charge in [-0.05, 0) is 31.2 Å². The normalized spacial score (nSPS) is 12.1. The average Bonchev–Trinajstić information content (AvgIpc) is 2.56. The molecule has 4 nitrogen and oxygen atoms in total. The van der Waals surface area contributed by atoms with Gasteiger partial charge in [0.25, 0.3) is 0 Å². The smallest absolute Gasteiger partial charge is 0.237 e. The Morgan fingerprint density at radius 1 is 1.17 bits per heavy atom. The molecular formula is C17H14ClN3OS. The summed E-state index contributed by atoms with van der Waals surface area (Å²) in [5, 5.41) is 4.65. The fourth-order valence-corrected chi connectivity index (χ4v) is 3.05. The number of hydrogen-bond donors (Lipinski definition) is 1. The number of pyridine rings is 2. The van der Waals surface area contributed by atoms with Gasteiger partial charge in [0.2, 0.25) is 5.91 Å². The summed E-state index contributed by atoms with van der Waals surface area (Å²) in [6, 6.07) is 15.3. The van der Waals surface area contributed by atoms with Crippen molar-refractivity contribution in [3.8, 4) is 0 Å². The first-order chi connectivity index (χ1) is 11.1. The molecule has 2 heterocycles. The Labute approximate surface area is 143 Å². The Balaban J connectivity index is 1.71. The highest BCUT2D eigenvalue weighted by Gasteiger charge is 2.16. The third kappa shape index (κ3) is 3.81. The lowest BCUT2D eigenvalue weighted by Crippen LogP contribution is -2.22. The molecule has 1 aromatic carbocycles. The Morgan fingerprint density at radius 2 is 2.00 bits per heavy atom. The first kappa shape index (κ1) is 15.8. The molecule has 6 heteroatoms. The molecule has 0 aliphatic rings. The molecule has 23 heavy (non-hydrogen) atoms. The fourth-order valence-electron chi connectivity index (χ4n) is 2.06. The molecule has 0 fully saturated rings. The molecule has 0 saturated carbocycles. The number of fused-ring (bicyclic) bond motifs is 1. The highest BCUT2D eigenvalue weighted by molar-refractivity contribution is 8.00. The van der Waals surface area contributed by atoms with E-state index in [0.29, 0.717) is 5.69 Å². The minimum Gasteiger partial charge on any atom is -0.322 e. The van der Waals surface area contributed by atoms with Crippen LogP contribution in [0.2, 0.25) is 5.15 Å². The van der Waals surface area contributed by atoms with Crippen LogP contribution < -0.4 is 5.32 Å². The van der Waals surface area contributed by atoms with E-state index in [9.17, 15) is 4.79 Å². The van der Waals surface area contributed by atoms with Crippen molar-refractivity contribution in [3.05, 3.63) is 59.9 Å². The van der Waals surface area contributed by atoms with Gasteiger partial charge >= 0.3 is 0 Å². The number of para-hydroxylation sites is 1. The zero-order valence-corrected chi connectivity index (χ0v) is 13.9. The molecular weight excluding hydrogens is 330 g/mol. The number of thioether (sulfide) groups is 1. The molecule has 1 amide bonds. The number of carbonyl (C=O) groups excluding carboxylic acids is 1. The van der Waals surface area contributed by atoms with Gasteiger partial charge in [0.1, 0.15) is 0 Å². The lowest BCUT2D eigenvalue weighted by atomic mass is 10.2. The number of aromatic nitrogens is 2. The highest BCUT2D eigenvalue weighted by atomic mass is 35.5. The maximum Gasteiger partial charge on any atom is 0.237 e. The first-order valence-corrected chi connectivity index (χ1v) is 8.33. The number of benzene rings is 1. The molecule has 1 atom stereocenters. The third-order valence-corrected chi connectivity index (χ3v) is 4.59. The number of nitrogens with zero attached hydrogens (tertiary/aromatic N) is 2. The van der Waals surface area contributed by atoms with Gasteiger partial charge in [-0.1, -0.05) is 47.6 Å². The van der Waals surface area contributed by atoms with Crippen LogP contribution in [0.5, 0.6) is 0 Å². The molecule has 1 unspecified atom stereocenters. The molecule has 0 aliphatic heterocycles. The molecule has 3 rings (SSSR count). The van der Waals surface area contributed by atoms with Crippen LogP contribution in [-0.4, -0.2) is 21.1 Å². The second kappa shape index (κ2) is 6.98. The highest BCUT2D eigenvalue weighted by Crippen LogP contribution is 2.25. The van der Waals surface area contributed by atoms with Gasteiger partial charge in [-0.25, -0.2) is 9.97 Å². The first-order valence-electron chi connectivity index (χ1n) is 7.07. The molecule has 2 aromatic heterocycles. The van der Waals surface area contributed by atoms with Gasteiger partial charge in [0.15, 0.2) is 5.15 Å². The fraction of sp³-hybridized carbons (Fsp3) is 0.118. The van der Waals surface area contributed by atoms with E-state index in [-0.39, 0.29) is 16.3 Å². The molecule has 0 bridgehead atoms. The van der Waals surface area contributed by atoms with Crippen molar-refractivity contribution < 1.29 is 4.79 Å². The van der Waals surface area contributed by atoms with Crippen molar-refractivity contribution >= 4 is 45.9 Å². The third-order valence-electron chi connectivity index (χ3n) is 3.26. The molecule has 0 aliphatic carbocycles. The Morgan fingerprint density at radius 3 is 2.83 bits per heavy atom. The van der Waals surface area contributed by atoms with Gasteiger partial charge in [0.05, 0.1) is 21.5 Å². The number of carbonyl (C=O) groups is 1. The standard InChI is InChI=1S/C17H14ClN3OS/c1-11(17(22)21-14-7-4-10-19-16(14)18)23-15-9-8-12-5-2-3-6-13(12)20-15/h2-11H,1H3,(H,21,22). The average molecular weight is 344 g/mol. The molecule has 0 spiro atoms. The van der Waals surface area contributed by atoms with Crippen LogP contribution in [0.25, 0.3) is 10.9 Å². The van der Waals surface area contributed by atoms with E-state index in [0.717, 1.165) is 15.9 Å². The number of rotatable bonds is 4. The van der Waals surface area contributed by atoms with Gasteiger partial charge in [-0.2, -0.15) is 0 Å². The second-order valence-corrected chi connectivity index (χ2v) is 6.65. The van der Waals surface area contributed by atoms with Crippen molar-refractivity contribution in [1.29, 1.82) is 0 Å². The van der Waals surface area contributed by atoms with E-state index in [1.165, 1.54) is 11.8 Å². The van der Waals surface area contributed by atoms with Crippen molar-refractivity contribution in [2.24, 2.45) is 0 Å². The van der Waals surface area contributed by atoms with Gasteiger partial charge in [0, 0.05) is 11.6 Å². The lowest BCUT2D eigenvalue weighted by molar-refractivity contribution is -0.115. The van der Waals surface area contributed by atoms with Gasteiger partial charge in [-0.3, -0.25) is 4.79 Å². The Hall–Kier alpha value is -2.11. The SMILES string of the molecule is CC(Sc1ccc2ccccc2n1)C(=O)Nc1cccnc1Cl. The summed E-state index contributed by atoms with van der Waals surface area (Å²) < 4.78 is 0. The summed E-state index contributed by atoms with van der Waals surface area (Å²) in [4.78, 5) is 20.8. The monoisotopic (exact) mass is 343 g/mol. The van der Waals surface area contributed by atoms with E-state index in [2.05, 4.69) is 15.3 Å². The van der Waals surface area contributed by atoms with E-state index in [1.807, 2.05) is 43.3 Å². The number of amides is 1. The van der Waals surface area contributed by atoms with Gasteiger partial charge in [-0.15, -0.1) is 0 Å². The molecule has 116 valence electrons. The van der Waals surface area contributed by atoms with Crippen LogP contribution in [0.15, 0.2) is 59.8 Å². The minimum absolute atomic E-state index is 0.139. The van der Waals surface area contributed by atoms with Crippen LogP contribution in [0.4, 0.5) is 5.69 Å². The zero-order valence-electron chi connectivity index (χ0n) is 12.4. The van der Waals surface area contributed by atoms with E-state index >= 15 is 0 Å². The van der Waals surface area contributed by atoms with Crippen molar-refractivity contribution in [2.75, 3.05) is 5.32 Å². The molecule has 1 N–H and O–H groups in total. The second-order valence-electron chi connectivity index (χ2n) is 4.93. The van der Waals surface area contributed by atoms with Crippen molar-refractivity contribution in [1.82, 2.24) is 9.97 Å². The Kier molecular flexibility index (Phi) is 4.79. The predicted octanol–water partition coefficient (Wildman–Crippen LogP) is 4.40. The van der Waals surface area contributed by atoms with E-state index in [4.69, 9.17) is 11.6 Å². The zero-order chi connectivity index (χ0) is 16.2. The summed E-state index contributed by atoms with van der Waals surface area (Å²) in [5.74, 6) is -0.139. The van der Waals surface area contributed by atoms with Crippen LogP contribution in [0.3, 0.4) is 0 Å². The number of nitrogens with one attached hydrogen (secondary N) is 1.